The van der Waals surface area contributed by atoms with E-state index in [2.05, 4.69) is 5.32 Å². The number of urea groups is 1. The molecule has 0 bridgehead atoms. The van der Waals surface area contributed by atoms with Gasteiger partial charge in [0.15, 0.2) is 0 Å². The van der Waals surface area contributed by atoms with Crippen LogP contribution in [0.3, 0.4) is 0 Å². The van der Waals surface area contributed by atoms with Crippen LogP contribution in [-0.2, 0) is 25.7 Å². The van der Waals surface area contributed by atoms with Gasteiger partial charge in [0.2, 0.25) is 11.8 Å². The average Bonchev–Trinajstić information content (AvgIpc) is 3.34. The summed E-state index contributed by atoms with van der Waals surface area (Å²) in [6.45, 7) is 0.898. The monoisotopic (exact) mass is 376 g/mol. The van der Waals surface area contributed by atoms with E-state index in [9.17, 15) is 24.0 Å². The van der Waals surface area contributed by atoms with Crippen LogP contribution < -0.4 is 5.32 Å². The van der Waals surface area contributed by atoms with Gasteiger partial charge in [-0.05, 0) is 25.0 Å². The Morgan fingerprint density at radius 1 is 1.15 bits per heavy atom. The zero-order chi connectivity index (χ0) is 19.4. The summed E-state index contributed by atoms with van der Waals surface area (Å²) in [5, 5.41) is 2.59. The Morgan fingerprint density at radius 3 is 2.59 bits per heavy atom. The number of hydrogen-bond donors (Lipinski definition) is 1. The summed E-state index contributed by atoms with van der Waals surface area (Å²) in [6.07, 6.45) is 3.38. The maximum Gasteiger partial charge on any atom is 0.335 e. The molecule has 0 aliphatic carbocycles. The zero-order valence-electron chi connectivity index (χ0n) is 14.7. The maximum atomic E-state index is 12.3. The highest BCUT2D eigenvalue weighted by Gasteiger charge is 2.45. The molecule has 0 radical (unpaired) electrons. The van der Waals surface area contributed by atoms with E-state index in [4.69, 9.17) is 4.42 Å². The molecule has 0 aromatic carbocycles. The summed E-state index contributed by atoms with van der Waals surface area (Å²) in [5.74, 6) is -2.10. The Balaban J connectivity index is 1.45. The molecule has 2 fully saturated rings. The second-order valence-corrected chi connectivity index (χ2v) is 6.33. The van der Waals surface area contributed by atoms with E-state index in [1.54, 1.807) is 17.0 Å². The van der Waals surface area contributed by atoms with Crippen molar-refractivity contribution in [3.05, 3.63) is 24.2 Å². The Bertz CT molecular complexity index is 759. The first kappa shape index (κ1) is 18.6. The van der Waals surface area contributed by atoms with Gasteiger partial charge in [0.05, 0.1) is 12.8 Å². The van der Waals surface area contributed by atoms with Crippen LogP contribution in [0.4, 0.5) is 4.79 Å². The minimum absolute atomic E-state index is 0.116. The minimum Gasteiger partial charge on any atom is -0.467 e. The first-order valence-corrected chi connectivity index (χ1v) is 8.71. The van der Waals surface area contributed by atoms with E-state index in [-0.39, 0.29) is 12.5 Å². The third-order valence-electron chi connectivity index (χ3n) is 4.43. The Hall–Kier alpha value is -3.17. The molecule has 2 saturated heterocycles. The second kappa shape index (κ2) is 8.02. The zero-order valence-corrected chi connectivity index (χ0v) is 14.7. The molecule has 6 amide bonds. The molecule has 1 aromatic rings. The molecule has 2 aliphatic rings. The molecule has 0 unspecified atom stereocenters. The van der Waals surface area contributed by atoms with Crippen LogP contribution in [0.25, 0.3) is 0 Å². The van der Waals surface area contributed by atoms with Gasteiger partial charge in [0, 0.05) is 26.1 Å². The quantitative estimate of drug-likeness (QED) is 0.378. The van der Waals surface area contributed by atoms with Gasteiger partial charge in [-0.1, -0.05) is 0 Å². The Morgan fingerprint density at radius 2 is 1.93 bits per heavy atom. The SMILES string of the molecule is O=C(CN1C(=O)C(=O)N(Cc2ccco2)C1=O)NCCCN1CCCC1=O. The largest absolute Gasteiger partial charge is 0.467 e. The smallest absolute Gasteiger partial charge is 0.335 e. The lowest BCUT2D eigenvalue weighted by atomic mass is 10.3. The molecular weight excluding hydrogens is 356 g/mol. The van der Waals surface area contributed by atoms with Crippen LogP contribution in [0.5, 0.6) is 0 Å². The number of imide groups is 2. The van der Waals surface area contributed by atoms with Crippen molar-refractivity contribution in [2.45, 2.75) is 25.8 Å². The standard InChI is InChI=1S/C17H20N4O6/c22-13(18-6-3-8-19-7-1-5-14(19)23)11-21-16(25)15(24)20(17(21)26)10-12-4-2-9-27-12/h2,4,9H,1,3,5-8,10-11H2,(H,18,22). The molecule has 0 saturated carbocycles. The summed E-state index contributed by atoms with van der Waals surface area (Å²) in [6, 6.07) is 2.33. The van der Waals surface area contributed by atoms with Crippen molar-refractivity contribution in [3.63, 3.8) is 0 Å². The number of furan rings is 1. The van der Waals surface area contributed by atoms with Crippen LogP contribution in [-0.4, -0.2) is 70.5 Å². The normalized spacial score (nSPS) is 17.4. The number of hydrogen-bond acceptors (Lipinski definition) is 6. The van der Waals surface area contributed by atoms with Gasteiger partial charge in [-0.25, -0.2) is 14.6 Å². The number of amides is 6. The van der Waals surface area contributed by atoms with Crippen molar-refractivity contribution in [1.29, 1.82) is 0 Å². The lowest BCUT2D eigenvalue weighted by Gasteiger charge is -2.16. The molecule has 10 heteroatoms. The number of rotatable bonds is 8. The fourth-order valence-electron chi connectivity index (χ4n) is 3.03. The molecule has 1 aromatic heterocycles. The predicted octanol–water partition coefficient (Wildman–Crippen LogP) is -0.301. The maximum absolute atomic E-state index is 12.3. The number of carbonyl (C=O) groups excluding carboxylic acids is 5. The van der Waals surface area contributed by atoms with Crippen molar-refractivity contribution >= 4 is 29.7 Å². The van der Waals surface area contributed by atoms with E-state index in [1.165, 1.54) is 6.26 Å². The summed E-state index contributed by atoms with van der Waals surface area (Å²) >= 11 is 0. The van der Waals surface area contributed by atoms with Crippen LogP contribution >= 0.6 is 0 Å². The molecule has 3 heterocycles. The average molecular weight is 376 g/mol. The van der Waals surface area contributed by atoms with E-state index in [0.29, 0.717) is 36.6 Å². The lowest BCUT2D eigenvalue weighted by Crippen LogP contribution is -2.42. The van der Waals surface area contributed by atoms with Crippen LogP contribution in [0.1, 0.15) is 25.0 Å². The van der Waals surface area contributed by atoms with Gasteiger partial charge >= 0.3 is 17.8 Å². The summed E-state index contributed by atoms with van der Waals surface area (Å²) in [4.78, 5) is 62.8. The van der Waals surface area contributed by atoms with Crippen molar-refractivity contribution in [2.75, 3.05) is 26.2 Å². The second-order valence-electron chi connectivity index (χ2n) is 6.33. The predicted molar refractivity (Wildman–Crippen MR) is 89.8 cm³/mol. The molecule has 2 aliphatic heterocycles. The molecule has 1 N–H and O–H groups in total. The van der Waals surface area contributed by atoms with E-state index in [1.807, 2.05) is 0 Å². The highest BCUT2D eigenvalue weighted by Crippen LogP contribution is 2.16. The number of likely N-dealkylation sites (tertiary alicyclic amines) is 1. The van der Waals surface area contributed by atoms with Crippen LogP contribution in [0, 0.1) is 0 Å². The molecule has 144 valence electrons. The number of carbonyl (C=O) groups is 5. The van der Waals surface area contributed by atoms with Crippen molar-refractivity contribution < 1.29 is 28.4 Å². The molecule has 0 spiro atoms. The first-order chi connectivity index (χ1) is 13.0. The van der Waals surface area contributed by atoms with Crippen molar-refractivity contribution in [1.82, 2.24) is 20.0 Å². The molecule has 27 heavy (non-hydrogen) atoms. The fourth-order valence-corrected chi connectivity index (χ4v) is 3.03. The van der Waals surface area contributed by atoms with Gasteiger partial charge in [0.25, 0.3) is 0 Å². The fraction of sp³-hybridized carbons (Fsp3) is 0.471. The van der Waals surface area contributed by atoms with Crippen molar-refractivity contribution in [2.24, 2.45) is 0 Å². The van der Waals surface area contributed by atoms with Gasteiger partial charge in [-0.3, -0.25) is 19.2 Å². The third kappa shape index (κ3) is 4.15. The van der Waals surface area contributed by atoms with Gasteiger partial charge in [-0.15, -0.1) is 0 Å². The van der Waals surface area contributed by atoms with Crippen LogP contribution in [0.15, 0.2) is 22.8 Å². The molecular formula is C17H20N4O6. The van der Waals surface area contributed by atoms with Crippen LogP contribution in [0.2, 0.25) is 0 Å². The highest BCUT2D eigenvalue weighted by molar-refractivity contribution is 6.44. The van der Waals surface area contributed by atoms with E-state index in [0.717, 1.165) is 17.9 Å². The highest BCUT2D eigenvalue weighted by atomic mass is 16.3. The summed E-state index contributed by atoms with van der Waals surface area (Å²) in [5.41, 5.74) is 0. The van der Waals surface area contributed by atoms with Gasteiger partial charge < -0.3 is 14.6 Å². The molecule has 3 rings (SSSR count). The van der Waals surface area contributed by atoms with Crippen molar-refractivity contribution in [3.8, 4) is 0 Å². The summed E-state index contributed by atoms with van der Waals surface area (Å²) < 4.78 is 5.08. The van der Waals surface area contributed by atoms with Gasteiger partial charge in [-0.2, -0.15) is 0 Å². The third-order valence-corrected chi connectivity index (χ3v) is 4.43. The molecule has 0 atom stereocenters. The van der Waals surface area contributed by atoms with E-state index < -0.39 is 30.3 Å². The topological polar surface area (TPSA) is 120 Å². The lowest BCUT2D eigenvalue weighted by molar-refractivity contribution is -0.144. The Labute approximate surface area is 155 Å². The minimum atomic E-state index is -1.04. The Kier molecular flexibility index (Phi) is 5.53. The first-order valence-electron chi connectivity index (χ1n) is 8.71. The van der Waals surface area contributed by atoms with E-state index >= 15 is 0 Å². The molecule has 10 nitrogen and oxygen atoms in total. The number of nitrogens with one attached hydrogen (secondary N) is 1. The summed E-state index contributed by atoms with van der Waals surface area (Å²) in [7, 11) is 0. The number of nitrogens with zero attached hydrogens (tertiary/aromatic N) is 3. The van der Waals surface area contributed by atoms with Gasteiger partial charge in [0.1, 0.15) is 12.3 Å².